The van der Waals surface area contributed by atoms with Crippen molar-refractivity contribution < 1.29 is 4.79 Å². The summed E-state index contributed by atoms with van der Waals surface area (Å²) in [5, 5.41) is 7.06. The molecule has 0 saturated heterocycles. The molecule has 2 heterocycles. The van der Waals surface area contributed by atoms with E-state index in [-0.39, 0.29) is 5.91 Å². The van der Waals surface area contributed by atoms with Crippen molar-refractivity contribution >= 4 is 11.7 Å². The van der Waals surface area contributed by atoms with Crippen LogP contribution in [0, 0.1) is 6.92 Å². The number of hydrogen-bond acceptors (Lipinski definition) is 3. The molecule has 0 atom stereocenters. The number of hydrogen-bond donors (Lipinski definition) is 1. The Morgan fingerprint density at radius 3 is 2.55 bits per heavy atom. The predicted octanol–water partition coefficient (Wildman–Crippen LogP) is 3.04. The van der Waals surface area contributed by atoms with Crippen LogP contribution in [0.4, 0.5) is 5.82 Å². The van der Waals surface area contributed by atoms with Crippen molar-refractivity contribution in [3.63, 3.8) is 0 Å². The van der Waals surface area contributed by atoms with Gasteiger partial charge in [-0.2, -0.15) is 5.10 Å². The molecule has 0 saturated carbocycles. The number of nitrogens with one attached hydrogen (secondary N) is 1. The first-order chi connectivity index (χ1) is 10.6. The first kappa shape index (κ1) is 14.0. The molecule has 1 N–H and O–H groups in total. The molecule has 2 aromatic heterocycles. The molecule has 1 aromatic carbocycles. The zero-order chi connectivity index (χ0) is 15.5. The second kappa shape index (κ2) is 5.81. The van der Waals surface area contributed by atoms with Gasteiger partial charge in [0.05, 0.1) is 11.3 Å². The lowest BCUT2D eigenvalue weighted by molar-refractivity contribution is 0.102. The largest absolute Gasteiger partial charge is 0.307 e. The van der Waals surface area contributed by atoms with Crippen LogP contribution in [0.25, 0.3) is 11.1 Å². The maximum absolute atomic E-state index is 12.4. The quantitative estimate of drug-likeness (QED) is 0.807. The minimum absolute atomic E-state index is 0.201. The number of amides is 1. The Balaban J connectivity index is 1.86. The summed E-state index contributed by atoms with van der Waals surface area (Å²) in [4.78, 5) is 16.5. The van der Waals surface area contributed by atoms with E-state index in [9.17, 15) is 4.79 Å². The summed E-state index contributed by atoms with van der Waals surface area (Å²) in [6, 6.07) is 13.5. The highest BCUT2D eigenvalue weighted by Gasteiger charge is 2.11. The number of nitrogens with zero attached hydrogens (tertiary/aromatic N) is 3. The van der Waals surface area contributed by atoms with Gasteiger partial charge in [0.2, 0.25) is 0 Å². The van der Waals surface area contributed by atoms with Crippen LogP contribution >= 0.6 is 0 Å². The van der Waals surface area contributed by atoms with E-state index in [1.54, 1.807) is 24.1 Å². The molecule has 110 valence electrons. The molecular formula is C17H16N4O. The highest BCUT2D eigenvalue weighted by Crippen LogP contribution is 2.19. The molecule has 0 aliphatic heterocycles. The van der Waals surface area contributed by atoms with Crippen LogP contribution in [-0.2, 0) is 7.05 Å². The standard InChI is InChI=1S/C17H16N4O/c1-12-8-16(21(2)20-12)19-17(22)15-9-14(10-18-11-15)13-6-4-3-5-7-13/h3-11H,1-2H3,(H,19,22). The average molecular weight is 292 g/mol. The normalized spacial score (nSPS) is 10.5. The number of anilines is 1. The molecule has 0 spiro atoms. The van der Waals surface area contributed by atoms with Crippen molar-refractivity contribution in [1.29, 1.82) is 0 Å². The van der Waals surface area contributed by atoms with E-state index >= 15 is 0 Å². The van der Waals surface area contributed by atoms with E-state index in [2.05, 4.69) is 15.4 Å². The molecule has 0 bridgehead atoms. The van der Waals surface area contributed by atoms with Gasteiger partial charge in [-0.25, -0.2) is 0 Å². The SMILES string of the molecule is Cc1cc(NC(=O)c2cncc(-c3ccccc3)c2)n(C)n1. The maximum atomic E-state index is 12.4. The summed E-state index contributed by atoms with van der Waals surface area (Å²) in [5.41, 5.74) is 3.31. The molecule has 5 nitrogen and oxygen atoms in total. The number of pyridine rings is 1. The van der Waals surface area contributed by atoms with E-state index in [0.717, 1.165) is 16.8 Å². The molecule has 3 aromatic rings. The van der Waals surface area contributed by atoms with Crippen LogP contribution in [0.1, 0.15) is 16.1 Å². The van der Waals surface area contributed by atoms with Crippen molar-refractivity contribution in [2.45, 2.75) is 6.92 Å². The van der Waals surface area contributed by atoms with E-state index in [0.29, 0.717) is 11.4 Å². The Hall–Kier alpha value is -2.95. The minimum Gasteiger partial charge on any atom is -0.307 e. The van der Waals surface area contributed by atoms with Crippen molar-refractivity contribution in [3.8, 4) is 11.1 Å². The van der Waals surface area contributed by atoms with Crippen LogP contribution in [0.3, 0.4) is 0 Å². The Labute approximate surface area is 128 Å². The summed E-state index contributed by atoms with van der Waals surface area (Å²) >= 11 is 0. The zero-order valence-corrected chi connectivity index (χ0v) is 12.4. The summed E-state index contributed by atoms with van der Waals surface area (Å²) in [6.07, 6.45) is 3.31. The third-order valence-corrected chi connectivity index (χ3v) is 3.35. The van der Waals surface area contributed by atoms with Gasteiger partial charge in [-0.3, -0.25) is 14.5 Å². The fourth-order valence-corrected chi connectivity index (χ4v) is 2.27. The Kier molecular flexibility index (Phi) is 3.70. The smallest absolute Gasteiger partial charge is 0.258 e. The van der Waals surface area contributed by atoms with E-state index in [4.69, 9.17) is 0 Å². The van der Waals surface area contributed by atoms with Crippen molar-refractivity contribution in [1.82, 2.24) is 14.8 Å². The lowest BCUT2D eigenvalue weighted by Gasteiger charge is -2.07. The van der Waals surface area contributed by atoms with Crippen molar-refractivity contribution in [3.05, 3.63) is 66.1 Å². The van der Waals surface area contributed by atoms with Crippen LogP contribution in [-0.4, -0.2) is 20.7 Å². The van der Waals surface area contributed by atoms with Gasteiger partial charge >= 0.3 is 0 Å². The van der Waals surface area contributed by atoms with Gasteiger partial charge in [0, 0.05) is 31.1 Å². The zero-order valence-electron chi connectivity index (χ0n) is 12.4. The highest BCUT2D eigenvalue weighted by molar-refractivity contribution is 6.04. The van der Waals surface area contributed by atoms with E-state index in [1.807, 2.05) is 49.4 Å². The molecule has 0 fully saturated rings. The fourth-order valence-electron chi connectivity index (χ4n) is 2.27. The summed E-state index contributed by atoms with van der Waals surface area (Å²) in [5.74, 6) is 0.459. The third kappa shape index (κ3) is 2.88. The average Bonchev–Trinajstić information content (AvgIpc) is 2.86. The topological polar surface area (TPSA) is 59.8 Å². The first-order valence-electron chi connectivity index (χ1n) is 6.96. The summed E-state index contributed by atoms with van der Waals surface area (Å²) in [7, 11) is 1.79. The highest BCUT2D eigenvalue weighted by atomic mass is 16.1. The molecule has 3 rings (SSSR count). The minimum atomic E-state index is -0.201. The van der Waals surface area contributed by atoms with Crippen molar-refractivity contribution in [2.24, 2.45) is 7.05 Å². The lowest BCUT2D eigenvalue weighted by Crippen LogP contribution is -2.14. The maximum Gasteiger partial charge on any atom is 0.258 e. The molecular weight excluding hydrogens is 276 g/mol. The second-order valence-corrected chi connectivity index (χ2v) is 5.08. The van der Waals surface area contributed by atoms with Crippen LogP contribution < -0.4 is 5.32 Å². The van der Waals surface area contributed by atoms with Crippen LogP contribution in [0.5, 0.6) is 0 Å². The van der Waals surface area contributed by atoms with Gasteiger partial charge in [0.1, 0.15) is 5.82 Å². The summed E-state index contributed by atoms with van der Waals surface area (Å²) in [6.45, 7) is 1.88. The Morgan fingerprint density at radius 1 is 1.09 bits per heavy atom. The van der Waals surface area contributed by atoms with Gasteiger partial charge < -0.3 is 5.32 Å². The number of carbonyl (C=O) groups is 1. The molecule has 22 heavy (non-hydrogen) atoms. The van der Waals surface area contributed by atoms with Crippen LogP contribution in [0.15, 0.2) is 54.9 Å². The first-order valence-corrected chi connectivity index (χ1v) is 6.96. The fraction of sp³-hybridized carbons (Fsp3) is 0.118. The Morgan fingerprint density at radius 2 is 1.86 bits per heavy atom. The number of aryl methyl sites for hydroxylation is 2. The predicted molar refractivity (Wildman–Crippen MR) is 85.6 cm³/mol. The third-order valence-electron chi connectivity index (χ3n) is 3.35. The van der Waals surface area contributed by atoms with E-state index < -0.39 is 0 Å². The number of benzene rings is 1. The van der Waals surface area contributed by atoms with Crippen molar-refractivity contribution in [2.75, 3.05) is 5.32 Å². The number of rotatable bonds is 3. The van der Waals surface area contributed by atoms with Gasteiger partial charge in [-0.1, -0.05) is 30.3 Å². The second-order valence-electron chi connectivity index (χ2n) is 5.08. The molecule has 5 heteroatoms. The molecule has 0 aliphatic carbocycles. The molecule has 0 unspecified atom stereocenters. The van der Waals surface area contributed by atoms with Gasteiger partial charge in [0.25, 0.3) is 5.91 Å². The molecule has 1 amide bonds. The van der Waals surface area contributed by atoms with Gasteiger partial charge in [-0.05, 0) is 18.6 Å². The Bertz CT molecular complexity index is 809. The lowest BCUT2D eigenvalue weighted by atomic mass is 10.1. The monoisotopic (exact) mass is 292 g/mol. The number of aromatic nitrogens is 3. The van der Waals surface area contributed by atoms with E-state index in [1.165, 1.54) is 0 Å². The summed E-state index contributed by atoms with van der Waals surface area (Å²) < 4.78 is 1.64. The van der Waals surface area contributed by atoms with Gasteiger partial charge in [0.15, 0.2) is 0 Å². The molecule has 0 radical (unpaired) electrons. The number of carbonyl (C=O) groups excluding carboxylic acids is 1. The van der Waals surface area contributed by atoms with Crippen LogP contribution in [0.2, 0.25) is 0 Å². The molecule has 0 aliphatic rings. The van der Waals surface area contributed by atoms with Gasteiger partial charge in [-0.15, -0.1) is 0 Å².